The van der Waals surface area contributed by atoms with Crippen molar-refractivity contribution in [3.63, 3.8) is 0 Å². The van der Waals surface area contributed by atoms with E-state index in [1.54, 1.807) is 4.90 Å². The highest BCUT2D eigenvalue weighted by Gasteiger charge is 2.05. The number of anilines is 3. The van der Waals surface area contributed by atoms with Crippen molar-refractivity contribution in [2.75, 3.05) is 30.2 Å². The topological polar surface area (TPSA) is 111 Å². The Hall–Kier alpha value is -2.45. The number of nitrogen functional groups attached to an aromatic ring is 1. The summed E-state index contributed by atoms with van der Waals surface area (Å²) in [5.74, 6) is 0.952. The Kier molecular flexibility index (Phi) is 2.50. The van der Waals surface area contributed by atoms with Gasteiger partial charge in [0.2, 0.25) is 17.8 Å². The molecule has 0 aromatic carbocycles. The maximum absolute atomic E-state index is 5.56. The average Bonchev–Trinajstić information content (AvgIpc) is 2.69. The zero-order chi connectivity index (χ0) is 11.5. The minimum Gasteiger partial charge on any atom is -0.368 e. The van der Waals surface area contributed by atoms with Gasteiger partial charge in [0, 0.05) is 14.1 Å². The van der Waals surface area contributed by atoms with E-state index in [-0.39, 0.29) is 5.95 Å². The molecule has 2 aromatic rings. The molecule has 3 N–H and O–H groups in total. The lowest BCUT2D eigenvalue weighted by molar-refractivity contribution is 0.889. The summed E-state index contributed by atoms with van der Waals surface area (Å²) < 4.78 is 1.51. The fourth-order valence-electron chi connectivity index (χ4n) is 1.00. The zero-order valence-electron chi connectivity index (χ0n) is 8.86. The molecule has 9 heteroatoms. The molecule has 0 fully saturated rings. The molecule has 0 radical (unpaired) electrons. The number of hydrogen-bond donors (Lipinski definition) is 2. The second-order valence-corrected chi connectivity index (χ2v) is 3.19. The van der Waals surface area contributed by atoms with Gasteiger partial charge in [-0.1, -0.05) is 0 Å². The molecule has 0 atom stereocenters. The number of aromatic nitrogens is 6. The Morgan fingerprint density at radius 3 is 2.50 bits per heavy atom. The van der Waals surface area contributed by atoms with Crippen LogP contribution in [-0.4, -0.2) is 43.9 Å². The Morgan fingerprint density at radius 2 is 1.88 bits per heavy atom. The van der Waals surface area contributed by atoms with Gasteiger partial charge in [-0.3, -0.25) is 5.43 Å². The zero-order valence-corrected chi connectivity index (χ0v) is 8.86. The van der Waals surface area contributed by atoms with Crippen LogP contribution in [0.15, 0.2) is 12.7 Å². The highest BCUT2D eigenvalue weighted by Crippen LogP contribution is 2.08. The first-order valence-electron chi connectivity index (χ1n) is 4.45. The van der Waals surface area contributed by atoms with Crippen LogP contribution in [0, 0.1) is 0 Å². The quantitative estimate of drug-likeness (QED) is 0.678. The molecule has 0 bridgehead atoms. The van der Waals surface area contributed by atoms with E-state index in [0.29, 0.717) is 11.9 Å². The first-order valence-corrected chi connectivity index (χ1v) is 4.45. The largest absolute Gasteiger partial charge is 0.368 e. The number of rotatable bonds is 3. The van der Waals surface area contributed by atoms with Crippen LogP contribution in [0.1, 0.15) is 0 Å². The summed E-state index contributed by atoms with van der Waals surface area (Å²) in [6.07, 6.45) is 2.96. The lowest BCUT2D eigenvalue weighted by Gasteiger charge is -2.11. The fraction of sp³-hybridized carbons (Fsp3) is 0.286. The van der Waals surface area contributed by atoms with Crippen molar-refractivity contribution in [1.82, 2.24) is 29.8 Å². The van der Waals surface area contributed by atoms with E-state index in [9.17, 15) is 0 Å². The standard InChI is InChI=1S/C7H11N9/c1-15(2)7-12-5(8)11-6(13-7)14-16-3-9-10-4-16/h3-4H,1-2H3,(H3,8,11,12,13,14). The summed E-state index contributed by atoms with van der Waals surface area (Å²) >= 11 is 0. The van der Waals surface area contributed by atoms with Crippen LogP contribution in [0.5, 0.6) is 0 Å². The number of nitrogens with zero attached hydrogens (tertiary/aromatic N) is 7. The van der Waals surface area contributed by atoms with Crippen molar-refractivity contribution in [3.05, 3.63) is 12.7 Å². The van der Waals surface area contributed by atoms with Crippen molar-refractivity contribution < 1.29 is 0 Å². The van der Waals surface area contributed by atoms with E-state index in [1.807, 2.05) is 14.1 Å². The molecule has 0 aliphatic heterocycles. The molecule has 0 saturated heterocycles. The van der Waals surface area contributed by atoms with E-state index in [0.717, 1.165) is 0 Å². The predicted octanol–water partition coefficient (Wildman–Crippen LogP) is -1.01. The molecule has 84 valence electrons. The fourth-order valence-corrected chi connectivity index (χ4v) is 1.00. The number of hydrogen-bond acceptors (Lipinski definition) is 8. The summed E-state index contributed by atoms with van der Waals surface area (Å²) in [5, 5.41) is 7.27. The molecule has 0 unspecified atom stereocenters. The summed E-state index contributed by atoms with van der Waals surface area (Å²) in [7, 11) is 3.63. The van der Waals surface area contributed by atoms with Crippen LogP contribution < -0.4 is 16.1 Å². The van der Waals surface area contributed by atoms with Gasteiger partial charge in [-0.15, -0.1) is 10.2 Å². The second-order valence-electron chi connectivity index (χ2n) is 3.19. The molecule has 0 aliphatic rings. The van der Waals surface area contributed by atoms with Crippen LogP contribution in [0.25, 0.3) is 0 Å². The smallest absolute Gasteiger partial charge is 0.248 e. The summed E-state index contributed by atoms with van der Waals surface area (Å²) in [6, 6.07) is 0. The van der Waals surface area contributed by atoms with Gasteiger partial charge in [-0.25, -0.2) is 4.68 Å². The molecule has 0 saturated carbocycles. The van der Waals surface area contributed by atoms with Crippen molar-refractivity contribution in [1.29, 1.82) is 0 Å². The third-order valence-corrected chi connectivity index (χ3v) is 1.69. The van der Waals surface area contributed by atoms with Gasteiger partial charge in [0.25, 0.3) is 0 Å². The summed E-state index contributed by atoms with van der Waals surface area (Å²) in [4.78, 5) is 13.8. The van der Waals surface area contributed by atoms with E-state index in [2.05, 4.69) is 30.6 Å². The molecule has 0 spiro atoms. The SMILES string of the molecule is CN(C)c1nc(N)nc(Nn2cnnc2)n1. The van der Waals surface area contributed by atoms with E-state index in [4.69, 9.17) is 5.73 Å². The predicted molar refractivity (Wildman–Crippen MR) is 57.6 cm³/mol. The molecule has 16 heavy (non-hydrogen) atoms. The van der Waals surface area contributed by atoms with Gasteiger partial charge in [0.15, 0.2) is 0 Å². The third-order valence-electron chi connectivity index (χ3n) is 1.69. The van der Waals surface area contributed by atoms with Crippen LogP contribution in [-0.2, 0) is 0 Å². The van der Waals surface area contributed by atoms with Crippen molar-refractivity contribution in [2.45, 2.75) is 0 Å². The van der Waals surface area contributed by atoms with Gasteiger partial charge in [-0.2, -0.15) is 15.0 Å². The second kappa shape index (κ2) is 3.96. The molecular formula is C7H11N9. The Morgan fingerprint density at radius 1 is 1.19 bits per heavy atom. The number of nitrogens with two attached hydrogens (primary N) is 1. The average molecular weight is 221 g/mol. The molecule has 9 nitrogen and oxygen atoms in total. The van der Waals surface area contributed by atoms with Gasteiger partial charge in [0.05, 0.1) is 0 Å². The van der Waals surface area contributed by atoms with Crippen LogP contribution in [0.3, 0.4) is 0 Å². The lowest BCUT2D eigenvalue weighted by atomic mass is 10.7. The maximum Gasteiger partial charge on any atom is 0.248 e. The normalized spacial score (nSPS) is 10.1. The summed E-state index contributed by atoms with van der Waals surface area (Å²) in [5.41, 5.74) is 8.40. The van der Waals surface area contributed by atoms with Crippen LogP contribution in [0.4, 0.5) is 17.8 Å². The van der Waals surface area contributed by atoms with Crippen LogP contribution in [0.2, 0.25) is 0 Å². The minimum absolute atomic E-state index is 0.147. The van der Waals surface area contributed by atoms with Gasteiger partial charge >= 0.3 is 0 Å². The monoisotopic (exact) mass is 221 g/mol. The molecule has 2 aromatic heterocycles. The highest BCUT2D eigenvalue weighted by atomic mass is 15.5. The van der Waals surface area contributed by atoms with Gasteiger partial charge < -0.3 is 10.6 Å². The van der Waals surface area contributed by atoms with E-state index in [1.165, 1.54) is 17.3 Å². The van der Waals surface area contributed by atoms with Crippen molar-refractivity contribution in [2.24, 2.45) is 0 Å². The van der Waals surface area contributed by atoms with Crippen molar-refractivity contribution in [3.8, 4) is 0 Å². The summed E-state index contributed by atoms with van der Waals surface area (Å²) in [6.45, 7) is 0. The van der Waals surface area contributed by atoms with Gasteiger partial charge in [0.1, 0.15) is 12.7 Å². The molecule has 2 rings (SSSR count). The van der Waals surface area contributed by atoms with Gasteiger partial charge in [-0.05, 0) is 0 Å². The Bertz CT molecular complexity index is 463. The Labute approximate surface area is 91.3 Å². The Balaban J connectivity index is 2.27. The number of nitrogens with one attached hydrogen (secondary N) is 1. The first-order chi connectivity index (χ1) is 7.65. The van der Waals surface area contributed by atoms with E-state index < -0.39 is 0 Å². The lowest BCUT2D eigenvalue weighted by Crippen LogP contribution is -2.17. The van der Waals surface area contributed by atoms with E-state index >= 15 is 0 Å². The van der Waals surface area contributed by atoms with Crippen molar-refractivity contribution >= 4 is 17.8 Å². The molecule has 0 amide bonds. The third kappa shape index (κ3) is 2.13. The molecule has 2 heterocycles. The minimum atomic E-state index is 0.147. The van der Waals surface area contributed by atoms with Crippen LogP contribution >= 0.6 is 0 Å². The molecule has 0 aliphatic carbocycles. The molecular weight excluding hydrogens is 210 g/mol. The first kappa shape index (κ1) is 10.1. The highest BCUT2D eigenvalue weighted by molar-refractivity contribution is 5.40. The maximum atomic E-state index is 5.56.